The third-order valence-corrected chi connectivity index (χ3v) is 2.45. The van der Waals surface area contributed by atoms with E-state index in [9.17, 15) is 14.4 Å². The predicted octanol–water partition coefficient (Wildman–Crippen LogP) is 1.03. The molecule has 0 aliphatic heterocycles. The van der Waals surface area contributed by atoms with Crippen molar-refractivity contribution < 1.29 is 19.5 Å². The number of rotatable bonds is 6. The molecule has 0 aliphatic rings. The maximum atomic E-state index is 11.7. The Morgan fingerprint density at radius 2 is 1.55 bits per heavy atom. The molecule has 0 fully saturated rings. The summed E-state index contributed by atoms with van der Waals surface area (Å²) in [5.74, 6) is -1.52. The monoisotopic (exact) mass is 278 g/mol. The van der Waals surface area contributed by atoms with Crippen molar-refractivity contribution in [2.45, 2.75) is 26.3 Å². The van der Waals surface area contributed by atoms with Gasteiger partial charge in [0.1, 0.15) is 0 Å². The molecule has 0 saturated heterocycles. The smallest absolute Gasteiger partial charge is 0.305 e. The summed E-state index contributed by atoms with van der Waals surface area (Å²) in [7, 11) is 0. The number of benzene rings is 1. The van der Waals surface area contributed by atoms with Crippen LogP contribution in [0.1, 0.15) is 41.0 Å². The molecule has 0 spiro atoms. The van der Waals surface area contributed by atoms with Gasteiger partial charge in [0.25, 0.3) is 11.8 Å². The topological polar surface area (TPSA) is 95.5 Å². The maximum absolute atomic E-state index is 11.7. The van der Waals surface area contributed by atoms with Crippen LogP contribution in [-0.2, 0) is 4.79 Å². The Bertz CT molecular complexity index is 494. The minimum Gasteiger partial charge on any atom is -0.481 e. The van der Waals surface area contributed by atoms with E-state index in [0.29, 0.717) is 11.1 Å². The molecule has 1 aromatic carbocycles. The second-order valence-electron chi connectivity index (χ2n) is 4.61. The first-order chi connectivity index (χ1) is 9.40. The lowest BCUT2D eigenvalue weighted by Gasteiger charge is -2.09. The molecule has 0 atom stereocenters. The highest BCUT2D eigenvalue weighted by molar-refractivity contribution is 5.97. The molecule has 108 valence electrons. The van der Waals surface area contributed by atoms with Crippen LogP contribution in [0.25, 0.3) is 0 Å². The number of nitrogens with one attached hydrogen (secondary N) is 2. The fourth-order valence-corrected chi connectivity index (χ4v) is 1.50. The van der Waals surface area contributed by atoms with Crippen LogP contribution in [0.4, 0.5) is 0 Å². The summed E-state index contributed by atoms with van der Waals surface area (Å²) in [6.07, 6.45) is -0.124. The summed E-state index contributed by atoms with van der Waals surface area (Å²) in [6, 6.07) is 6.23. The van der Waals surface area contributed by atoms with Gasteiger partial charge in [-0.15, -0.1) is 0 Å². The number of amides is 2. The number of carbonyl (C=O) groups is 3. The van der Waals surface area contributed by atoms with Crippen LogP contribution in [0.3, 0.4) is 0 Å². The largest absolute Gasteiger partial charge is 0.481 e. The second-order valence-corrected chi connectivity index (χ2v) is 4.61. The van der Waals surface area contributed by atoms with Crippen LogP contribution in [0, 0.1) is 0 Å². The minimum absolute atomic E-state index is 0.0430. The van der Waals surface area contributed by atoms with Gasteiger partial charge in [-0.25, -0.2) is 0 Å². The lowest BCUT2D eigenvalue weighted by atomic mass is 10.1. The van der Waals surface area contributed by atoms with E-state index < -0.39 is 5.97 Å². The van der Waals surface area contributed by atoms with Gasteiger partial charge in [-0.05, 0) is 38.1 Å². The van der Waals surface area contributed by atoms with Crippen LogP contribution in [0.5, 0.6) is 0 Å². The number of carboxylic acid groups (broad SMARTS) is 1. The predicted molar refractivity (Wildman–Crippen MR) is 73.6 cm³/mol. The molecule has 0 radical (unpaired) electrons. The molecule has 20 heavy (non-hydrogen) atoms. The normalized spacial score (nSPS) is 10.2. The quantitative estimate of drug-likeness (QED) is 0.724. The summed E-state index contributed by atoms with van der Waals surface area (Å²) >= 11 is 0. The minimum atomic E-state index is -0.967. The molecule has 3 N–H and O–H groups in total. The van der Waals surface area contributed by atoms with Gasteiger partial charge in [0, 0.05) is 23.7 Å². The molecular formula is C14H18N2O4. The number of aliphatic carboxylic acids is 1. The molecule has 0 aromatic heterocycles. The van der Waals surface area contributed by atoms with Gasteiger partial charge >= 0.3 is 5.97 Å². The Hall–Kier alpha value is -2.37. The molecule has 0 heterocycles. The summed E-state index contributed by atoms with van der Waals surface area (Å²) < 4.78 is 0. The van der Waals surface area contributed by atoms with Crippen molar-refractivity contribution >= 4 is 17.8 Å². The fourth-order valence-electron chi connectivity index (χ4n) is 1.50. The standard InChI is InChI=1S/C14H18N2O4/c1-9(2)16-14(20)11-5-3-10(4-6-11)13(19)15-8-7-12(17)18/h3-6,9H,7-8H2,1-2H3,(H,15,19)(H,16,20)(H,17,18). The van der Waals surface area contributed by atoms with Crippen LogP contribution in [0.15, 0.2) is 24.3 Å². The molecule has 1 rings (SSSR count). The van der Waals surface area contributed by atoms with Gasteiger partial charge in [-0.1, -0.05) is 0 Å². The molecule has 2 amide bonds. The first kappa shape index (κ1) is 15.7. The van der Waals surface area contributed by atoms with E-state index in [1.807, 2.05) is 13.8 Å². The molecule has 6 heteroatoms. The van der Waals surface area contributed by atoms with Crippen molar-refractivity contribution in [1.82, 2.24) is 10.6 Å². The lowest BCUT2D eigenvalue weighted by Crippen LogP contribution is -2.30. The van der Waals surface area contributed by atoms with Crippen LogP contribution in [-0.4, -0.2) is 35.5 Å². The van der Waals surface area contributed by atoms with Crippen molar-refractivity contribution in [2.75, 3.05) is 6.54 Å². The number of hydrogen-bond acceptors (Lipinski definition) is 3. The Kier molecular flexibility index (Phi) is 5.71. The van der Waals surface area contributed by atoms with E-state index in [1.54, 1.807) is 12.1 Å². The maximum Gasteiger partial charge on any atom is 0.305 e. The van der Waals surface area contributed by atoms with E-state index in [2.05, 4.69) is 10.6 Å². The molecular weight excluding hydrogens is 260 g/mol. The van der Waals surface area contributed by atoms with Gasteiger partial charge in [-0.3, -0.25) is 14.4 Å². The molecule has 0 saturated carbocycles. The first-order valence-electron chi connectivity index (χ1n) is 6.31. The molecule has 0 bridgehead atoms. The highest BCUT2D eigenvalue weighted by Gasteiger charge is 2.09. The zero-order chi connectivity index (χ0) is 15.1. The molecule has 6 nitrogen and oxygen atoms in total. The Labute approximate surface area is 117 Å². The van der Waals surface area contributed by atoms with Gasteiger partial charge in [-0.2, -0.15) is 0 Å². The Balaban J connectivity index is 2.59. The highest BCUT2D eigenvalue weighted by Crippen LogP contribution is 2.05. The number of carbonyl (C=O) groups excluding carboxylic acids is 2. The van der Waals surface area contributed by atoms with Crippen LogP contribution < -0.4 is 10.6 Å². The van der Waals surface area contributed by atoms with Crippen molar-refractivity contribution in [1.29, 1.82) is 0 Å². The third-order valence-electron chi connectivity index (χ3n) is 2.45. The number of carboxylic acids is 1. The van der Waals surface area contributed by atoms with Crippen molar-refractivity contribution in [3.05, 3.63) is 35.4 Å². The summed E-state index contributed by atoms with van der Waals surface area (Å²) in [5.41, 5.74) is 0.859. The average Bonchev–Trinajstić information content (AvgIpc) is 2.37. The molecule has 1 aromatic rings. The van der Waals surface area contributed by atoms with Gasteiger partial charge < -0.3 is 15.7 Å². The van der Waals surface area contributed by atoms with Crippen molar-refractivity contribution in [3.63, 3.8) is 0 Å². The van der Waals surface area contributed by atoms with E-state index in [1.165, 1.54) is 12.1 Å². The average molecular weight is 278 g/mol. The van der Waals surface area contributed by atoms with Gasteiger partial charge in [0.05, 0.1) is 6.42 Å². The van der Waals surface area contributed by atoms with Gasteiger partial charge in [0.15, 0.2) is 0 Å². The number of hydrogen-bond donors (Lipinski definition) is 3. The van der Waals surface area contributed by atoms with Crippen LogP contribution >= 0.6 is 0 Å². The third kappa shape index (κ3) is 5.09. The zero-order valence-corrected chi connectivity index (χ0v) is 11.5. The van der Waals surface area contributed by atoms with Crippen LogP contribution in [0.2, 0.25) is 0 Å². The highest BCUT2D eigenvalue weighted by atomic mass is 16.4. The zero-order valence-electron chi connectivity index (χ0n) is 11.5. The Morgan fingerprint density at radius 3 is 2.00 bits per heavy atom. The second kappa shape index (κ2) is 7.28. The lowest BCUT2D eigenvalue weighted by molar-refractivity contribution is -0.136. The molecule has 0 aliphatic carbocycles. The van der Waals surface area contributed by atoms with E-state index >= 15 is 0 Å². The summed E-state index contributed by atoms with van der Waals surface area (Å²) in [5, 5.41) is 13.7. The SMILES string of the molecule is CC(C)NC(=O)c1ccc(C(=O)NCCC(=O)O)cc1. The van der Waals surface area contributed by atoms with Crippen molar-refractivity contribution in [3.8, 4) is 0 Å². The van der Waals surface area contributed by atoms with Gasteiger partial charge in [0.2, 0.25) is 0 Å². The molecule has 0 unspecified atom stereocenters. The first-order valence-corrected chi connectivity index (χ1v) is 6.31. The summed E-state index contributed by atoms with van der Waals surface area (Å²) in [4.78, 5) is 33.7. The van der Waals surface area contributed by atoms with E-state index in [4.69, 9.17) is 5.11 Å². The Morgan fingerprint density at radius 1 is 1.05 bits per heavy atom. The summed E-state index contributed by atoms with van der Waals surface area (Å²) in [6.45, 7) is 3.80. The fraction of sp³-hybridized carbons (Fsp3) is 0.357. The van der Waals surface area contributed by atoms with Crippen molar-refractivity contribution in [2.24, 2.45) is 0 Å². The van der Waals surface area contributed by atoms with E-state index in [-0.39, 0.29) is 30.8 Å². The van der Waals surface area contributed by atoms with E-state index in [0.717, 1.165) is 0 Å².